The van der Waals surface area contributed by atoms with E-state index < -0.39 is 8.60 Å². The molecule has 0 aliphatic carbocycles. The summed E-state index contributed by atoms with van der Waals surface area (Å²) in [5, 5.41) is -0.547. The maximum absolute atomic E-state index is 6.26. The fourth-order valence-corrected chi connectivity index (χ4v) is 3.70. The molecule has 0 aliphatic heterocycles. The Morgan fingerprint density at radius 2 is 0.857 bits per heavy atom. The Bertz CT molecular complexity index is 286. The third kappa shape index (κ3) is 19.0. The van der Waals surface area contributed by atoms with Gasteiger partial charge in [0.25, 0.3) is 0 Å². The van der Waals surface area contributed by atoms with Crippen molar-refractivity contribution in [3.8, 4) is 0 Å². The maximum atomic E-state index is 6.26. The van der Waals surface area contributed by atoms with Gasteiger partial charge in [-0.25, -0.2) is 0 Å². The first-order valence-corrected chi connectivity index (χ1v) is 12.3. The number of halogens is 3. The SMILES string of the molecule is CCOCCC(Cl)COP(OCC(Cl)CCOCC)OCC(Cl)CCOCC. The Morgan fingerprint density at radius 1 is 0.571 bits per heavy atom. The highest BCUT2D eigenvalue weighted by atomic mass is 35.5. The average molecular weight is 486 g/mol. The molecule has 0 fully saturated rings. The number of alkyl halides is 3. The summed E-state index contributed by atoms with van der Waals surface area (Å²) in [6.07, 6.45) is 2.08. The molecule has 6 nitrogen and oxygen atoms in total. The van der Waals surface area contributed by atoms with Crippen molar-refractivity contribution < 1.29 is 27.8 Å². The minimum atomic E-state index is -1.59. The summed E-state index contributed by atoms with van der Waals surface area (Å²) < 4.78 is 33.1. The minimum absolute atomic E-state index is 0.182. The lowest BCUT2D eigenvalue weighted by atomic mass is 10.3. The average Bonchev–Trinajstić information content (AvgIpc) is 2.68. The van der Waals surface area contributed by atoms with Gasteiger partial charge in [0.1, 0.15) is 0 Å². The Labute approximate surface area is 186 Å². The van der Waals surface area contributed by atoms with E-state index in [4.69, 9.17) is 62.6 Å². The second-order valence-electron chi connectivity index (χ2n) is 5.86. The van der Waals surface area contributed by atoms with Crippen molar-refractivity contribution in [2.75, 3.05) is 59.5 Å². The number of ether oxygens (including phenoxy) is 3. The van der Waals surface area contributed by atoms with Crippen LogP contribution in [0.15, 0.2) is 0 Å². The highest BCUT2D eigenvalue weighted by Gasteiger charge is 2.19. The van der Waals surface area contributed by atoms with E-state index in [-0.39, 0.29) is 16.1 Å². The molecule has 0 aromatic carbocycles. The number of rotatable bonds is 21. The molecule has 3 unspecified atom stereocenters. The van der Waals surface area contributed by atoms with Crippen molar-refractivity contribution in [1.29, 1.82) is 0 Å². The summed E-state index contributed by atoms with van der Waals surface area (Å²) in [5.41, 5.74) is 0. The number of hydrogen-bond donors (Lipinski definition) is 0. The topological polar surface area (TPSA) is 55.4 Å². The summed E-state index contributed by atoms with van der Waals surface area (Å²) in [7, 11) is -1.59. The molecule has 0 saturated carbocycles. The van der Waals surface area contributed by atoms with Crippen LogP contribution < -0.4 is 0 Å². The van der Waals surface area contributed by atoms with Crippen molar-refractivity contribution in [1.82, 2.24) is 0 Å². The van der Waals surface area contributed by atoms with Gasteiger partial charge in [-0.2, -0.15) is 0 Å². The highest BCUT2D eigenvalue weighted by molar-refractivity contribution is 7.41. The van der Waals surface area contributed by atoms with Crippen LogP contribution in [0.5, 0.6) is 0 Å². The van der Waals surface area contributed by atoms with Gasteiger partial charge in [0.2, 0.25) is 0 Å². The van der Waals surface area contributed by atoms with Crippen molar-refractivity contribution in [3.63, 3.8) is 0 Å². The predicted molar refractivity (Wildman–Crippen MR) is 117 cm³/mol. The summed E-state index contributed by atoms with van der Waals surface area (Å²) in [5.74, 6) is 0. The van der Waals surface area contributed by atoms with Crippen LogP contribution in [0.4, 0.5) is 0 Å². The third-order valence-electron chi connectivity index (χ3n) is 3.42. The molecule has 0 rings (SSSR count). The Hall–Kier alpha value is 1.06. The Kier molecular flexibility index (Phi) is 22.1. The van der Waals surface area contributed by atoms with Crippen LogP contribution in [-0.4, -0.2) is 75.6 Å². The number of hydrogen-bond acceptors (Lipinski definition) is 6. The molecular formula is C18H36Cl3O6P. The lowest BCUT2D eigenvalue weighted by Crippen LogP contribution is -2.16. The quantitative estimate of drug-likeness (QED) is 0.124. The van der Waals surface area contributed by atoms with Gasteiger partial charge in [-0.15, -0.1) is 34.8 Å². The van der Waals surface area contributed by atoms with Crippen molar-refractivity contribution in [3.05, 3.63) is 0 Å². The van der Waals surface area contributed by atoms with Crippen molar-refractivity contribution in [2.24, 2.45) is 0 Å². The molecule has 0 bridgehead atoms. The maximum Gasteiger partial charge on any atom is 0.332 e. The molecule has 10 heteroatoms. The molecule has 0 amide bonds. The zero-order valence-corrected chi connectivity index (χ0v) is 20.4. The molecule has 28 heavy (non-hydrogen) atoms. The van der Waals surface area contributed by atoms with Crippen LogP contribution >= 0.6 is 43.4 Å². The first-order valence-electron chi connectivity index (χ1n) is 9.87. The molecule has 0 aromatic rings. The van der Waals surface area contributed by atoms with E-state index in [9.17, 15) is 0 Å². The molecule has 0 N–H and O–H groups in total. The molecule has 0 radical (unpaired) electrons. The molecule has 0 heterocycles. The summed E-state index contributed by atoms with van der Waals surface area (Å²) in [6, 6.07) is 0. The predicted octanol–water partition coefficient (Wildman–Crippen LogP) is 5.37. The van der Waals surface area contributed by atoms with Crippen LogP contribution in [0.25, 0.3) is 0 Å². The normalized spacial score (nSPS) is 16.1. The highest BCUT2D eigenvalue weighted by Crippen LogP contribution is 2.41. The van der Waals surface area contributed by atoms with Gasteiger partial charge in [0.05, 0.1) is 36.0 Å². The van der Waals surface area contributed by atoms with E-state index >= 15 is 0 Å². The van der Waals surface area contributed by atoms with Gasteiger partial charge < -0.3 is 27.8 Å². The Balaban J connectivity index is 4.27. The van der Waals surface area contributed by atoms with Gasteiger partial charge >= 0.3 is 8.60 Å². The fourth-order valence-electron chi connectivity index (χ4n) is 1.85. The van der Waals surface area contributed by atoms with E-state index in [0.29, 0.717) is 78.7 Å². The van der Waals surface area contributed by atoms with Crippen LogP contribution in [0, 0.1) is 0 Å². The summed E-state index contributed by atoms with van der Waals surface area (Å²) >= 11 is 18.8. The first-order chi connectivity index (χ1) is 13.5. The first kappa shape index (κ1) is 29.1. The van der Waals surface area contributed by atoms with Gasteiger partial charge in [0, 0.05) is 39.6 Å². The van der Waals surface area contributed by atoms with E-state index in [1.54, 1.807) is 0 Å². The molecule has 0 aromatic heterocycles. The third-order valence-corrected chi connectivity index (χ3v) is 5.53. The second kappa shape index (κ2) is 21.3. The molecule has 0 spiro atoms. The molecule has 0 aliphatic rings. The molecular weight excluding hydrogens is 450 g/mol. The minimum Gasteiger partial charge on any atom is -0.382 e. The van der Waals surface area contributed by atoms with Crippen molar-refractivity contribution in [2.45, 2.75) is 56.2 Å². The van der Waals surface area contributed by atoms with E-state index in [1.165, 1.54) is 0 Å². The van der Waals surface area contributed by atoms with Gasteiger partial charge in [-0.1, -0.05) is 0 Å². The van der Waals surface area contributed by atoms with Crippen LogP contribution in [-0.2, 0) is 27.8 Å². The van der Waals surface area contributed by atoms with Crippen LogP contribution in [0.3, 0.4) is 0 Å². The molecule has 0 saturated heterocycles. The zero-order chi connectivity index (χ0) is 21.0. The second-order valence-corrected chi connectivity index (χ2v) is 8.93. The van der Waals surface area contributed by atoms with E-state index in [2.05, 4.69) is 0 Å². The largest absolute Gasteiger partial charge is 0.382 e. The fraction of sp³-hybridized carbons (Fsp3) is 1.00. The van der Waals surface area contributed by atoms with Gasteiger partial charge in [-0.05, 0) is 40.0 Å². The van der Waals surface area contributed by atoms with Gasteiger partial charge in [0.15, 0.2) is 0 Å². The standard InChI is InChI=1S/C18H36Cl3O6P/c1-4-22-10-7-16(19)13-25-28(26-14-17(20)8-11-23-5-2)27-15-18(21)9-12-24-6-3/h16-18H,4-15H2,1-3H3. The lowest BCUT2D eigenvalue weighted by molar-refractivity contribution is 0.119. The van der Waals surface area contributed by atoms with E-state index in [1.807, 2.05) is 20.8 Å². The molecule has 170 valence electrons. The van der Waals surface area contributed by atoms with Crippen molar-refractivity contribution >= 4 is 43.4 Å². The smallest absolute Gasteiger partial charge is 0.332 e. The summed E-state index contributed by atoms with van der Waals surface area (Å²) in [6.45, 7) is 10.5. The monoisotopic (exact) mass is 484 g/mol. The zero-order valence-electron chi connectivity index (χ0n) is 17.2. The lowest BCUT2D eigenvalue weighted by Gasteiger charge is -2.21. The Morgan fingerprint density at radius 3 is 1.11 bits per heavy atom. The van der Waals surface area contributed by atoms with E-state index in [0.717, 1.165) is 0 Å². The summed E-state index contributed by atoms with van der Waals surface area (Å²) in [4.78, 5) is 0. The van der Waals surface area contributed by atoms with Gasteiger partial charge in [-0.3, -0.25) is 0 Å². The van der Waals surface area contributed by atoms with Crippen LogP contribution in [0.1, 0.15) is 40.0 Å². The molecule has 3 atom stereocenters. The van der Waals surface area contributed by atoms with Crippen LogP contribution in [0.2, 0.25) is 0 Å².